The van der Waals surface area contributed by atoms with Gasteiger partial charge in [0.05, 0.1) is 12.2 Å². The van der Waals surface area contributed by atoms with E-state index in [9.17, 15) is 9.59 Å². The Kier molecular flexibility index (Phi) is 5.08. The molecular formula is C17H19N5O2S. The number of nitrogens with zero attached hydrogens (tertiary/aromatic N) is 3. The second-order valence-corrected chi connectivity index (χ2v) is 6.75. The molecule has 1 amide bonds. The van der Waals surface area contributed by atoms with Gasteiger partial charge < -0.3 is 10.6 Å². The van der Waals surface area contributed by atoms with Crippen LogP contribution in [-0.2, 0) is 6.54 Å². The lowest BCUT2D eigenvalue weighted by atomic mass is 10.2. The maximum Gasteiger partial charge on any atom is 0.275 e. The van der Waals surface area contributed by atoms with Crippen molar-refractivity contribution in [3.63, 3.8) is 0 Å². The summed E-state index contributed by atoms with van der Waals surface area (Å²) >= 11 is 1.38. The standard InChI is InChI=1S/C17H19N5O2S/c1-3-7-18-16(24)12-5-4-6-13(8-12)19-10-14-9-15(23)22-17(20-14)25-11(2)21-22/h4-6,8-9,19H,3,7,10H2,1-2H3,(H,18,24). The smallest absolute Gasteiger partial charge is 0.275 e. The van der Waals surface area contributed by atoms with Crippen LogP contribution in [0.15, 0.2) is 35.1 Å². The largest absolute Gasteiger partial charge is 0.379 e. The van der Waals surface area contributed by atoms with Gasteiger partial charge in [-0.2, -0.15) is 9.61 Å². The minimum absolute atomic E-state index is 0.0941. The number of carbonyl (C=O) groups is 1. The Morgan fingerprint density at radius 1 is 1.32 bits per heavy atom. The second kappa shape index (κ2) is 7.43. The summed E-state index contributed by atoms with van der Waals surface area (Å²) in [6.07, 6.45) is 0.893. The monoisotopic (exact) mass is 357 g/mol. The van der Waals surface area contributed by atoms with Gasteiger partial charge in [0.1, 0.15) is 5.01 Å². The Balaban J connectivity index is 1.73. The summed E-state index contributed by atoms with van der Waals surface area (Å²) in [6.45, 7) is 4.89. The van der Waals surface area contributed by atoms with Gasteiger partial charge in [0.2, 0.25) is 4.96 Å². The van der Waals surface area contributed by atoms with Gasteiger partial charge in [-0.25, -0.2) is 4.98 Å². The van der Waals surface area contributed by atoms with Crippen molar-refractivity contribution < 1.29 is 4.79 Å². The predicted molar refractivity (Wildman–Crippen MR) is 98.3 cm³/mol. The molecule has 2 N–H and O–H groups in total. The number of benzene rings is 1. The van der Waals surface area contributed by atoms with E-state index in [0.29, 0.717) is 29.3 Å². The van der Waals surface area contributed by atoms with Crippen LogP contribution in [0.1, 0.15) is 34.4 Å². The molecule has 3 aromatic rings. The highest BCUT2D eigenvalue weighted by Gasteiger charge is 2.08. The average Bonchev–Trinajstić information content (AvgIpc) is 2.99. The van der Waals surface area contributed by atoms with Crippen molar-refractivity contribution in [3.8, 4) is 0 Å². The number of rotatable bonds is 6. The second-order valence-electron chi connectivity index (χ2n) is 5.59. The van der Waals surface area contributed by atoms with Crippen LogP contribution in [-0.4, -0.2) is 27.0 Å². The Morgan fingerprint density at radius 2 is 2.16 bits per heavy atom. The van der Waals surface area contributed by atoms with E-state index in [0.717, 1.165) is 17.1 Å². The quantitative estimate of drug-likeness (QED) is 0.706. The Bertz CT molecular complexity index is 963. The highest BCUT2D eigenvalue weighted by atomic mass is 32.1. The van der Waals surface area contributed by atoms with Crippen molar-refractivity contribution in [3.05, 3.63) is 57.0 Å². The highest BCUT2D eigenvalue weighted by Crippen LogP contribution is 2.13. The lowest BCUT2D eigenvalue weighted by Crippen LogP contribution is -2.24. The SMILES string of the molecule is CCCNC(=O)c1cccc(NCc2cc(=O)n3nc(C)sc3n2)c1. The summed E-state index contributed by atoms with van der Waals surface area (Å²) < 4.78 is 1.31. The zero-order valence-electron chi connectivity index (χ0n) is 14.1. The predicted octanol–water partition coefficient (Wildman–Crippen LogP) is 2.21. The Morgan fingerprint density at radius 3 is 2.96 bits per heavy atom. The molecule has 0 unspecified atom stereocenters. The fraction of sp³-hybridized carbons (Fsp3) is 0.294. The van der Waals surface area contributed by atoms with Crippen LogP contribution in [0.25, 0.3) is 4.96 Å². The maximum absolute atomic E-state index is 12.1. The van der Waals surface area contributed by atoms with Crippen molar-refractivity contribution in [1.82, 2.24) is 19.9 Å². The molecule has 25 heavy (non-hydrogen) atoms. The van der Waals surface area contributed by atoms with Gasteiger partial charge in [-0.3, -0.25) is 9.59 Å². The van der Waals surface area contributed by atoms with E-state index in [1.807, 2.05) is 26.0 Å². The summed E-state index contributed by atoms with van der Waals surface area (Å²) in [5, 5.41) is 11.0. The van der Waals surface area contributed by atoms with Crippen LogP contribution in [0.5, 0.6) is 0 Å². The first-order valence-electron chi connectivity index (χ1n) is 8.05. The molecule has 2 heterocycles. The summed E-state index contributed by atoms with van der Waals surface area (Å²) in [7, 11) is 0. The molecule has 2 aromatic heterocycles. The molecule has 0 aliphatic heterocycles. The number of hydrogen-bond donors (Lipinski definition) is 2. The summed E-state index contributed by atoms with van der Waals surface area (Å²) in [5.74, 6) is -0.0941. The molecule has 0 aliphatic rings. The molecule has 3 rings (SSSR count). The maximum atomic E-state index is 12.1. The van der Waals surface area contributed by atoms with E-state index in [4.69, 9.17) is 0 Å². The van der Waals surface area contributed by atoms with Crippen molar-refractivity contribution in [1.29, 1.82) is 0 Å². The summed E-state index contributed by atoms with van der Waals surface area (Å²) in [5.41, 5.74) is 1.83. The van der Waals surface area contributed by atoms with Gasteiger partial charge in [-0.05, 0) is 31.5 Å². The molecule has 7 nitrogen and oxygen atoms in total. The van der Waals surface area contributed by atoms with Gasteiger partial charge in [0.25, 0.3) is 11.5 Å². The van der Waals surface area contributed by atoms with Gasteiger partial charge in [0, 0.05) is 23.9 Å². The number of aryl methyl sites for hydroxylation is 1. The van der Waals surface area contributed by atoms with E-state index in [-0.39, 0.29) is 11.5 Å². The average molecular weight is 357 g/mol. The normalized spacial score (nSPS) is 10.8. The topological polar surface area (TPSA) is 88.4 Å². The van der Waals surface area contributed by atoms with Gasteiger partial charge >= 0.3 is 0 Å². The lowest BCUT2D eigenvalue weighted by Gasteiger charge is -2.08. The summed E-state index contributed by atoms with van der Waals surface area (Å²) in [6, 6.07) is 8.72. The van der Waals surface area contributed by atoms with Crippen LogP contribution in [0.2, 0.25) is 0 Å². The molecule has 0 spiro atoms. The van der Waals surface area contributed by atoms with Crippen LogP contribution in [0.4, 0.5) is 5.69 Å². The molecule has 1 aromatic carbocycles. The molecule has 0 saturated carbocycles. The molecule has 8 heteroatoms. The van der Waals surface area contributed by atoms with Crippen LogP contribution in [0.3, 0.4) is 0 Å². The number of nitrogens with one attached hydrogen (secondary N) is 2. The number of anilines is 1. The van der Waals surface area contributed by atoms with Crippen LogP contribution < -0.4 is 16.2 Å². The number of hydrogen-bond acceptors (Lipinski definition) is 6. The van der Waals surface area contributed by atoms with E-state index < -0.39 is 0 Å². The zero-order chi connectivity index (χ0) is 17.8. The summed E-state index contributed by atoms with van der Waals surface area (Å²) in [4.78, 5) is 29.1. The third-order valence-electron chi connectivity index (χ3n) is 3.53. The minimum Gasteiger partial charge on any atom is -0.379 e. The van der Waals surface area contributed by atoms with Gasteiger partial charge in [-0.15, -0.1) is 0 Å². The Hall–Kier alpha value is -2.74. The molecule has 0 fully saturated rings. The zero-order valence-corrected chi connectivity index (χ0v) is 14.9. The fourth-order valence-corrected chi connectivity index (χ4v) is 3.11. The van der Waals surface area contributed by atoms with E-state index in [1.54, 1.807) is 12.1 Å². The Labute approximate surface area is 148 Å². The third kappa shape index (κ3) is 4.03. The molecular weight excluding hydrogens is 338 g/mol. The third-order valence-corrected chi connectivity index (χ3v) is 4.36. The van der Waals surface area contributed by atoms with Crippen LogP contribution in [0, 0.1) is 6.92 Å². The first-order chi connectivity index (χ1) is 12.1. The van der Waals surface area contributed by atoms with E-state index in [2.05, 4.69) is 20.7 Å². The fourth-order valence-electron chi connectivity index (χ4n) is 2.35. The number of carbonyl (C=O) groups excluding carboxylic acids is 1. The number of aromatic nitrogens is 3. The molecule has 0 bridgehead atoms. The molecule has 0 saturated heterocycles. The van der Waals surface area contributed by atoms with Gasteiger partial charge in [0.15, 0.2) is 0 Å². The first-order valence-corrected chi connectivity index (χ1v) is 8.87. The molecule has 0 atom stereocenters. The minimum atomic E-state index is -0.196. The van der Waals surface area contributed by atoms with Crippen LogP contribution >= 0.6 is 11.3 Å². The number of amides is 1. The van der Waals surface area contributed by atoms with Crippen molar-refractivity contribution in [2.75, 3.05) is 11.9 Å². The van der Waals surface area contributed by atoms with E-state index >= 15 is 0 Å². The lowest BCUT2D eigenvalue weighted by molar-refractivity contribution is 0.0953. The molecule has 0 aliphatic carbocycles. The highest BCUT2D eigenvalue weighted by molar-refractivity contribution is 7.16. The van der Waals surface area contributed by atoms with E-state index in [1.165, 1.54) is 21.9 Å². The van der Waals surface area contributed by atoms with Crippen molar-refractivity contribution >= 4 is 27.9 Å². The molecule has 0 radical (unpaired) electrons. The first kappa shape index (κ1) is 17.1. The number of fused-ring (bicyclic) bond motifs is 1. The van der Waals surface area contributed by atoms with Crippen molar-refractivity contribution in [2.45, 2.75) is 26.8 Å². The van der Waals surface area contributed by atoms with Crippen molar-refractivity contribution in [2.24, 2.45) is 0 Å². The molecule has 130 valence electrons. The van der Waals surface area contributed by atoms with Gasteiger partial charge in [-0.1, -0.05) is 24.3 Å².